The van der Waals surface area contributed by atoms with Gasteiger partial charge in [-0.05, 0) is 48.0 Å². The predicted octanol–water partition coefficient (Wildman–Crippen LogP) is 3.84. The third-order valence-corrected chi connectivity index (χ3v) is 5.33. The van der Waals surface area contributed by atoms with Crippen LogP contribution in [-0.4, -0.2) is 41.1 Å². The molecule has 1 fully saturated rings. The molecule has 3 rings (SSSR count). The van der Waals surface area contributed by atoms with Crippen molar-refractivity contribution in [2.75, 3.05) is 26.2 Å². The Bertz CT molecular complexity index is 709. The van der Waals surface area contributed by atoms with Crippen molar-refractivity contribution in [3.05, 3.63) is 70.2 Å². The Morgan fingerprint density at radius 3 is 2.40 bits per heavy atom. The minimum atomic E-state index is 0.736. The molecule has 132 valence electrons. The molecule has 0 saturated carbocycles. The Morgan fingerprint density at radius 1 is 1.04 bits per heavy atom. The van der Waals surface area contributed by atoms with Gasteiger partial charge >= 0.3 is 0 Å². The number of piperazine rings is 1. The largest absolute Gasteiger partial charge is 0.358 e. The van der Waals surface area contributed by atoms with Gasteiger partial charge in [-0.2, -0.15) is 0 Å². The molecule has 3 nitrogen and oxygen atoms in total. The van der Waals surface area contributed by atoms with Crippen molar-refractivity contribution in [1.29, 1.82) is 0 Å². The van der Waals surface area contributed by atoms with Crippen LogP contribution in [0, 0.1) is 6.92 Å². The first kappa shape index (κ1) is 18.2. The summed E-state index contributed by atoms with van der Waals surface area (Å²) < 4.78 is 0. The highest BCUT2D eigenvalue weighted by Gasteiger charge is 2.19. The lowest BCUT2D eigenvalue weighted by atomic mass is 10.1. The molecule has 25 heavy (non-hydrogen) atoms. The third kappa shape index (κ3) is 5.18. The summed E-state index contributed by atoms with van der Waals surface area (Å²) in [5.74, 6) is 0. The lowest BCUT2D eigenvalue weighted by Gasteiger charge is -2.36. The highest BCUT2D eigenvalue weighted by Crippen LogP contribution is 2.13. The average Bonchev–Trinajstić information content (AvgIpc) is 2.63. The average molecular weight is 374 g/mol. The van der Waals surface area contributed by atoms with Gasteiger partial charge in [0.25, 0.3) is 0 Å². The summed E-state index contributed by atoms with van der Waals surface area (Å²) in [4.78, 5) is 4.76. The first-order chi connectivity index (χ1) is 12.1. The molecule has 0 atom stereocenters. The third-order valence-electron chi connectivity index (χ3n) is 4.67. The number of hydrogen-bond donors (Lipinski definition) is 1. The van der Waals surface area contributed by atoms with Crippen molar-refractivity contribution >= 4 is 28.9 Å². The van der Waals surface area contributed by atoms with Gasteiger partial charge in [0.15, 0.2) is 5.11 Å². The number of rotatable bonds is 4. The molecule has 0 amide bonds. The second-order valence-electron chi connectivity index (χ2n) is 6.47. The van der Waals surface area contributed by atoms with Crippen molar-refractivity contribution in [2.24, 2.45) is 0 Å². The maximum Gasteiger partial charge on any atom is 0.169 e. The molecule has 0 aromatic heterocycles. The SMILES string of the molecule is Cc1ccccc1CN1CCN(C(=S)NCc2ccc(Cl)cc2)CC1. The van der Waals surface area contributed by atoms with E-state index in [1.807, 2.05) is 24.3 Å². The molecular formula is C20H24ClN3S. The van der Waals surface area contributed by atoms with Crippen LogP contribution in [-0.2, 0) is 13.1 Å². The maximum atomic E-state index is 5.92. The molecule has 1 aliphatic rings. The van der Waals surface area contributed by atoms with Crippen LogP contribution >= 0.6 is 23.8 Å². The highest BCUT2D eigenvalue weighted by atomic mass is 35.5. The lowest BCUT2D eigenvalue weighted by Crippen LogP contribution is -2.51. The van der Waals surface area contributed by atoms with E-state index in [4.69, 9.17) is 23.8 Å². The van der Waals surface area contributed by atoms with Gasteiger partial charge in [-0.25, -0.2) is 0 Å². The number of thiocarbonyl (C=S) groups is 1. The molecule has 2 aromatic rings. The summed E-state index contributed by atoms with van der Waals surface area (Å²) >= 11 is 11.5. The first-order valence-electron chi connectivity index (χ1n) is 8.66. The van der Waals surface area contributed by atoms with E-state index in [0.717, 1.165) is 49.4 Å². The molecule has 0 spiro atoms. The Kier molecular flexibility index (Phi) is 6.29. The Labute approximate surface area is 160 Å². The van der Waals surface area contributed by atoms with E-state index >= 15 is 0 Å². The molecule has 2 aromatic carbocycles. The zero-order valence-electron chi connectivity index (χ0n) is 14.5. The van der Waals surface area contributed by atoms with E-state index in [0.29, 0.717) is 0 Å². The molecule has 5 heteroatoms. The van der Waals surface area contributed by atoms with Crippen LogP contribution in [0.1, 0.15) is 16.7 Å². The number of nitrogens with one attached hydrogen (secondary N) is 1. The fourth-order valence-corrected chi connectivity index (χ4v) is 3.41. The standard InChI is InChI=1S/C20H24ClN3S/c1-16-4-2-3-5-18(16)15-23-10-12-24(13-11-23)20(25)22-14-17-6-8-19(21)9-7-17/h2-9H,10-15H2,1H3,(H,22,25). The van der Waals surface area contributed by atoms with Crippen LogP contribution in [0.5, 0.6) is 0 Å². The van der Waals surface area contributed by atoms with Gasteiger partial charge in [-0.15, -0.1) is 0 Å². The summed E-state index contributed by atoms with van der Waals surface area (Å²) in [7, 11) is 0. The van der Waals surface area contributed by atoms with Gasteiger partial charge < -0.3 is 10.2 Å². The number of aryl methyl sites for hydroxylation is 1. The summed E-state index contributed by atoms with van der Waals surface area (Å²) in [5.41, 5.74) is 3.97. The second-order valence-corrected chi connectivity index (χ2v) is 7.30. The molecule has 1 aliphatic heterocycles. The van der Waals surface area contributed by atoms with Crippen LogP contribution in [0.15, 0.2) is 48.5 Å². The lowest BCUT2D eigenvalue weighted by molar-refractivity contribution is 0.174. The van der Waals surface area contributed by atoms with E-state index in [1.165, 1.54) is 16.7 Å². The quantitative estimate of drug-likeness (QED) is 0.820. The van der Waals surface area contributed by atoms with Crippen molar-refractivity contribution in [3.8, 4) is 0 Å². The monoisotopic (exact) mass is 373 g/mol. The topological polar surface area (TPSA) is 18.5 Å². The summed E-state index contributed by atoms with van der Waals surface area (Å²) in [6.45, 7) is 7.96. The summed E-state index contributed by atoms with van der Waals surface area (Å²) in [6, 6.07) is 16.5. The molecular weight excluding hydrogens is 350 g/mol. The summed E-state index contributed by atoms with van der Waals surface area (Å²) in [6.07, 6.45) is 0. The normalized spacial score (nSPS) is 15.2. The minimum Gasteiger partial charge on any atom is -0.358 e. The van der Waals surface area contributed by atoms with E-state index < -0.39 is 0 Å². The molecule has 0 bridgehead atoms. The van der Waals surface area contributed by atoms with E-state index in [-0.39, 0.29) is 0 Å². The zero-order chi connectivity index (χ0) is 17.6. The van der Waals surface area contributed by atoms with E-state index in [1.54, 1.807) is 0 Å². The van der Waals surface area contributed by atoms with Crippen molar-refractivity contribution in [3.63, 3.8) is 0 Å². The fourth-order valence-electron chi connectivity index (χ4n) is 3.03. The van der Waals surface area contributed by atoms with Crippen LogP contribution in [0.3, 0.4) is 0 Å². The molecule has 1 saturated heterocycles. The van der Waals surface area contributed by atoms with Crippen LogP contribution in [0.2, 0.25) is 5.02 Å². The maximum absolute atomic E-state index is 5.92. The van der Waals surface area contributed by atoms with Crippen molar-refractivity contribution in [1.82, 2.24) is 15.1 Å². The number of hydrogen-bond acceptors (Lipinski definition) is 2. The molecule has 0 aliphatic carbocycles. The van der Waals surface area contributed by atoms with Gasteiger partial charge in [0.05, 0.1) is 0 Å². The molecule has 0 unspecified atom stereocenters. The first-order valence-corrected chi connectivity index (χ1v) is 9.44. The van der Waals surface area contributed by atoms with E-state index in [9.17, 15) is 0 Å². The Hall–Kier alpha value is -1.62. The van der Waals surface area contributed by atoms with Crippen molar-refractivity contribution in [2.45, 2.75) is 20.0 Å². The van der Waals surface area contributed by atoms with Crippen molar-refractivity contribution < 1.29 is 0 Å². The van der Waals surface area contributed by atoms with Gasteiger partial charge in [-0.3, -0.25) is 4.90 Å². The highest BCUT2D eigenvalue weighted by molar-refractivity contribution is 7.80. The van der Waals surface area contributed by atoms with Crippen LogP contribution in [0.25, 0.3) is 0 Å². The van der Waals surface area contributed by atoms with Gasteiger partial charge in [0.1, 0.15) is 0 Å². The zero-order valence-corrected chi connectivity index (χ0v) is 16.1. The molecule has 0 radical (unpaired) electrons. The number of halogens is 1. The Balaban J connectivity index is 1.44. The van der Waals surface area contributed by atoms with Gasteiger partial charge in [-0.1, -0.05) is 48.0 Å². The predicted molar refractivity (Wildman–Crippen MR) is 109 cm³/mol. The molecule has 1 heterocycles. The summed E-state index contributed by atoms with van der Waals surface area (Å²) in [5, 5.41) is 4.96. The van der Waals surface area contributed by atoms with Crippen LogP contribution in [0.4, 0.5) is 0 Å². The second kappa shape index (κ2) is 8.65. The van der Waals surface area contributed by atoms with Crippen LogP contribution < -0.4 is 5.32 Å². The van der Waals surface area contributed by atoms with E-state index in [2.05, 4.69) is 46.3 Å². The van der Waals surface area contributed by atoms with Gasteiger partial charge in [0, 0.05) is 44.3 Å². The fraction of sp³-hybridized carbons (Fsp3) is 0.350. The number of nitrogens with zero attached hydrogens (tertiary/aromatic N) is 2. The van der Waals surface area contributed by atoms with Gasteiger partial charge in [0.2, 0.25) is 0 Å². The Morgan fingerprint density at radius 2 is 1.72 bits per heavy atom. The molecule has 1 N–H and O–H groups in total. The smallest absolute Gasteiger partial charge is 0.169 e. The number of benzene rings is 2. The minimum absolute atomic E-state index is 0.736.